The van der Waals surface area contributed by atoms with Crippen molar-refractivity contribution in [1.82, 2.24) is 9.80 Å². The van der Waals surface area contributed by atoms with Gasteiger partial charge in [0.2, 0.25) is 0 Å². The topological polar surface area (TPSA) is 70.1 Å². The van der Waals surface area contributed by atoms with E-state index in [4.69, 9.17) is 9.84 Å². The molecule has 1 N–H and O–H groups in total. The number of fused-ring (bicyclic) bond motifs is 1. The van der Waals surface area contributed by atoms with Crippen LogP contribution in [0.5, 0.6) is 0 Å². The SMILES string of the molecule is CC(C)(C)OC(=O)N1C[C@H]2CN(C(=O)O)C[C@H]21. The number of likely N-dealkylation sites (tertiary alicyclic amines) is 2. The Morgan fingerprint density at radius 2 is 1.88 bits per heavy atom. The van der Waals surface area contributed by atoms with Gasteiger partial charge < -0.3 is 19.6 Å². The largest absolute Gasteiger partial charge is 0.465 e. The van der Waals surface area contributed by atoms with E-state index in [1.54, 1.807) is 4.90 Å². The van der Waals surface area contributed by atoms with Crippen molar-refractivity contribution in [2.45, 2.75) is 32.4 Å². The van der Waals surface area contributed by atoms with Crippen LogP contribution in [0.3, 0.4) is 0 Å². The molecule has 0 aromatic carbocycles. The number of carbonyl (C=O) groups is 2. The lowest BCUT2D eigenvalue weighted by molar-refractivity contribution is -0.0164. The van der Waals surface area contributed by atoms with E-state index in [9.17, 15) is 9.59 Å². The summed E-state index contributed by atoms with van der Waals surface area (Å²) in [6.45, 7) is 6.99. The van der Waals surface area contributed by atoms with Crippen LogP contribution in [0.15, 0.2) is 0 Å². The van der Waals surface area contributed by atoms with Gasteiger partial charge in [-0.1, -0.05) is 0 Å². The maximum Gasteiger partial charge on any atom is 0.410 e. The van der Waals surface area contributed by atoms with Gasteiger partial charge in [-0.25, -0.2) is 9.59 Å². The van der Waals surface area contributed by atoms with Gasteiger partial charge in [0.05, 0.1) is 6.04 Å². The Morgan fingerprint density at radius 1 is 1.24 bits per heavy atom. The van der Waals surface area contributed by atoms with Crippen LogP contribution < -0.4 is 0 Å². The Bertz CT molecular complexity index is 350. The van der Waals surface area contributed by atoms with E-state index in [1.165, 1.54) is 4.90 Å². The summed E-state index contributed by atoms with van der Waals surface area (Å²) in [4.78, 5) is 25.6. The van der Waals surface area contributed by atoms with Crippen LogP contribution in [0.25, 0.3) is 0 Å². The quantitative estimate of drug-likeness (QED) is 0.693. The third kappa shape index (κ3) is 2.30. The van der Waals surface area contributed by atoms with Crippen molar-refractivity contribution in [3.05, 3.63) is 0 Å². The fourth-order valence-electron chi connectivity index (χ4n) is 2.32. The van der Waals surface area contributed by atoms with E-state index < -0.39 is 11.7 Å². The Hall–Kier alpha value is -1.46. The zero-order chi connectivity index (χ0) is 12.8. The molecule has 6 heteroatoms. The number of ether oxygens (including phenoxy) is 1. The van der Waals surface area contributed by atoms with Crippen molar-refractivity contribution in [3.8, 4) is 0 Å². The molecule has 0 saturated carbocycles. The molecule has 0 aromatic rings. The molecule has 0 bridgehead atoms. The lowest BCUT2D eigenvalue weighted by Gasteiger charge is -2.43. The Morgan fingerprint density at radius 3 is 2.41 bits per heavy atom. The van der Waals surface area contributed by atoms with Gasteiger partial charge in [0.1, 0.15) is 5.60 Å². The Balaban J connectivity index is 1.91. The molecule has 17 heavy (non-hydrogen) atoms. The smallest absolute Gasteiger partial charge is 0.410 e. The number of rotatable bonds is 0. The first-order chi connectivity index (χ1) is 7.78. The van der Waals surface area contributed by atoms with Crippen LogP contribution >= 0.6 is 0 Å². The molecule has 2 atom stereocenters. The normalized spacial score (nSPS) is 27.5. The summed E-state index contributed by atoms with van der Waals surface area (Å²) in [6.07, 6.45) is -1.26. The van der Waals surface area contributed by atoms with Gasteiger partial charge in [0.25, 0.3) is 0 Å². The average Bonchev–Trinajstić information content (AvgIpc) is 2.41. The van der Waals surface area contributed by atoms with Crippen molar-refractivity contribution in [2.24, 2.45) is 5.92 Å². The van der Waals surface area contributed by atoms with E-state index in [0.717, 1.165) is 0 Å². The highest BCUT2D eigenvalue weighted by atomic mass is 16.6. The van der Waals surface area contributed by atoms with Crippen molar-refractivity contribution < 1.29 is 19.4 Å². The van der Waals surface area contributed by atoms with Gasteiger partial charge in [0.15, 0.2) is 0 Å². The summed E-state index contributed by atoms with van der Waals surface area (Å²) in [5.74, 6) is 0.276. The zero-order valence-electron chi connectivity index (χ0n) is 10.3. The van der Waals surface area contributed by atoms with Crippen molar-refractivity contribution >= 4 is 12.2 Å². The zero-order valence-corrected chi connectivity index (χ0v) is 10.3. The molecule has 96 valence electrons. The molecular formula is C11H18N2O4. The molecule has 2 aliphatic heterocycles. The minimum absolute atomic E-state index is 0.000880. The summed E-state index contributed by atoms with van der Waals surface area (Å²) in [6, 6.07) is 0.000880. The minimum Gasteiger partial charge on any atom is -0.465 e. The highest BCUT2D eigenvalue weighted by molar-refractivity contribution is 5.71. The molecule has 0 radical (unpaired) electrons. The summed E-state index contributed by atoms with van der Waals surface area (Å²) < 4.78 is 5.27. The fourth-order valence-corrected chi connectivity index (χ4v) is 2.32. The van der Waals surface area contributed by atoms with Crippen molar-refractivity contribution in [2.75, 3.05) is 19.6 Å². The summed E-state index contributed by atoms with van der Waals surface area (Å²) in [7, 11) is 0. The molecule has 2 heterocycles. The van der Waals surface area contributed by atoms with Crippen LogP contribution in [0.4, 0.5) is 9.59 Å². The van der Waals surface area contributed by atoms with Gasteiger partial charge in [-0.3, -0.25) is 0 Å². The number of hydrogen-bond acceptors (Lipinski definition) is 3. The number of amides is 2. The van der Waals surface area contributed by atoms with E-state index >= 15 is 0 Å². The van der Waals surface area contributed by atoms with E-state index in [1.807, 2.05) is 20.8 Å². The molecule has 0 aliphatic carbocycles. The van der Waals surface area contributed by atoms with E-state index in [2.05, 4.69) is 0 Å². The lowest BCUT2D eigenvalue weighted by atomic mass is 9.93. The third-order valence-corrected chi connectivity index (χ3v) is 3.14. The Labute approximate surface area is 100 Å². The van der Waals surface area contributed by atoms with Crippen LogP contribution in [0.1, 0.15) is 20.8 Å². The maximum atomic E-state index is 11.8. The fraction of sp³-hybridized carbons (Fsp3) is 0.818. The second-order valence-electron chi connectivity index (χ2n) is 5.65. The molecular weight excluding hydrogens is 224 g/mol. The number of carboxylic acid groups (broad SMARTS) is 1. The van der Waals surface area contributed by atoms with Gasteiger partial charge >= 0.3 is 12.2 Å². The summed E-state index contributed by atoms with van der Waals surface area (Å²) >= 11 is 0. The summed E-state index contributed by atoms with van der Waals surface area (Å²) in [5, 5.41) is 8.88. The predicted molar refractivity (Wildman–Crippen MR) is 59.8 cm³/mol. The molecule has 2 saturated heterocycles. The molecule has 2 amide bonds. The molecule has 2 rings (SSSR count). The van der Waals surface area contributed by atoms with Crippen molar-refractivity contribution in [1.29, 1.82) is 0 Å². The predicted octanol–water partition coefficient (Wildman–Crippen LogP) is 1.22. The minimum atomic E-state index is -0.913. The van der Waals surface area contributed by atoms with Crippen LogP contribution in [-0.4, -0.2) is 58.4 Å². The first-order valence-corrected chi connectivity index (χ1v) is 5.75. The number of hydrogen-bond donors (Lipinski definition) is 1. The molecule has 2 aliphatic rings. The first kappa shape index (κ1) is 12.0. The second kappa shape index (κ2) is 3.78. The average molecular weight is 242 g/mol. The van der Waals surface area contributed by atoms with Gasteiger partial charge in [-0.15, -0.1) is 0 Å². The first-order valence-electron chi connectivity index (χ1n) is 5.75. The van der Waals surface area contributed by atoms with Crippen LogP contribution in [0, 0.1) is 5.92 Å². The van der Waals surface area contributed by atoms with E-state index in [0.29, 0.717) is 19.6 Å². The molecule has 6 nitrogen and oxygen atoms in total. The van der Waals surface area contributed by atoms with Crippen LogP contribution in [0.2, 0.25) is 0 Å². The Kier molecular flexibility index (Phi) is 2.67. The van der Waals surface area contributed by atoms with Crippen LogP contribution in [-0.2, 0) is 4.74 Å². The monoisotopic (exact) mass is 242 g/mol. The maximum absolute atomic E-state index is 11.8. The second-order valence-corrected chi connectivity index (χ2v) is 5.65. The highest BCUT2D eigenvalue weighted by Crippen LogP contribution is 2.33. The highest BCUT2D eigenvalue weighted by Gasteiger charge is 2.50. The molecule has 2 fully saturated rings. The van der Waals surface area contributed by atoms with E-state index in [-0.39, 0.29) is 18.1 Å². The molecule has 0 unspecified atom stereocenters. The summed E-state index contributed by atoms with van der Waals surface area (Å²) in [5.41, 5.74) is -0.507. The third-order valence-electron chi connectivity index (χ3n) is 3.14. The number of nitrogens with zero attached hydrogens (tertiary/aromatic N) is 2. The molecule has 0 aromatic heterocycles. The van der Waals surface area contributed by atoms with Crippen molar-refractivity contribution in [3.63, 3.8) is 0 Å². The van der Waals surface area contributed by atoms with Gasteiger partial charge in [0, 0.05) is 25.6 Å². The van der Waals surface area contributed by atoms with Gasteiger partial charge in [-0.05, 0) is 20.8 Å². The number of carbonyl (C=O) groups excluding carboxylic acids is 1. The van der Waals surface area contributed by atoms with Gasteiger partial charge in [-0.2, -0.15) is 0 Å². The molecule has 0 spiro atoms. The standard InChI is InChI=1S/C11H18N2O4/c1-11(2,3)17-10(16)13-5-7-4-12(9(14)15)6-8(7)13/h7-8H,4-6H2,1-3H3,(H,14,15)/t7-,8-/m1/s1. The lowest BCUT2D eigenvalue weighted by Crippen LogP contribution is -2.59.